The minimum Gasteiger partial charge on any atom is -0.459 e. The zero-order valence-corrected chi connectivity index (χ0v) is 8.09. The van der Waals surface area contributed by atoms with Crippen molar-refractivity contribution in [2.45, 2.75) is 6.04 Å². The van der Waals surface area contributed by atoms with Crippen LogP contribution in [0.25, 0.3) is 0 Å². The lowest BCUT2D eigenvalue weighted by Crippen LogP contribution is -2.49. The van der Waals surface area contributed by atoms with Gasteiger partial charge in [-0.25, -0.2) is 0 Å². The number of hydrogen-bond acceptors (Lipinski definition) is 4. The van der Waals surface area contributed by atoms with Crippen molar-refractivity contribution < 1.29 is 18.7 Å². The van der Waals surface area contributed by atoms with Gasteiger partial charge < -0.3 is 18.8 Å². The molecule has 1 unspecified atom stereocenters. The summed E-state index contributed by atoms with van der Waals surface area (Å²) in [6.45, 7) is 1.13. The predicted molar refractivity (Wildman–Crippen MR) is 50.4 cm³/mol. The maximum Gasteiger partial charge on any atom is 0.290 e. The molecule has 80 valence electrons. The second-order valence-electron chi connectivity index (χ2n) is 3.25. The second-order valence-corrected chi connectivity index (χ2v) is 3.25. The zero-order chi connectivity index (χ0) is 10.7. The fourth-order valence-electron chi connectivity index (χ4n) is 1.53. The molecule has 1 fully saturated rings. The molecule has 2 heterocycles. The standard InChI is InChI=1S/C10H11NO4/c12-6-8-7-14-5-3-11(8)10(13)9-2-1-4-15-9/h1-2,4,6,8H,3,5,7H2. The highest BCUT2D eigenvalue weighted by Crippen LogP contribution is 2.11. The van der Waals surface area contributed by atoms with Crippen LogP contribution >= 0.6 is 0 Å². The van der Waals surface area contributed by atoms with Crippen molar-refractivity contribution >= 4 is 12.2 Å². The Labute approximate surface area is 86.6 Å². The fourth-order valence-corrected chi connectivity index (χ4v) is 1.53. The van der Waals surface area contributed by atoms with Crippen molar-refractivity contribution in [3.8, 4) is 0 Å². The highest BCUT2D eigenvalue weighted by atomic mass is 16.5. The van der Waals surface area contributed by atoms with E-state index >= 15 is 0 Å². The summed E-state index contributed by atoms with van der Waals surface area (Å²) in [4.78, 5) is 24.1. The number of furan rings is 1. The van der Waals surface area contributed by atoms with E-state index in [0.29, 0.717) is 13.2 Å². The van der Waals surface area contributed by atoms with E-state index in [4.69, 9.17) is 9.15 Å². The van der Waals surface area contributed by atoms with Crippen LogP contribution in [0.3, 0.4) is 0 Å². The topological polar surface area (TPSA) is 59.8 Å². The van der Waals surface area contributed by atoms with E-state index in [0.717, 1.165) is 6.29 Å². The molecule has 1 aromatic heterocycles. The smallest absolute Gasteiger partial charge is 0.290 e. The van der Waals surface area contributed by atoms with E-state index in [2.05, 4.69) is 0 Å². The molecule has 5 nitrogen and oxygen atoms in total. The van der Waals surface area contributed by atoms with E-state index in [1.807, 2.05) is 0 Å². The Kier molecular flexibility index (Phi) is 2.82. The lowest BCUT2D eigenvalue weighted by molar-refractivity contribution is -0.116. The van der Waals surface area contributed by atoms with E-state index in [9.17, 15) is 9.59 Å². The van der Waals surface area contributed by atoms with Gasteiger partial charge in [-0.05, 0) is 12.1 Å². The van der Waals surface area contributed by atoms with Crippen molar-refractivity contribution in [1.82, 2.24) is 4.90 Å². The summed E-state index contributed by atoms with van der Waals surface area (Å²) in [5, 5.41) is 0. The summed E-state index contributed by atoms with van der Waals surface area (Å²) in [7, 11) is 0. The van der Waals surface area contributed by atoms with Gasteiger partial charge in [-0.1, -0.05) is 0 Å². The number of carbonyl (C=O) groups excluding carboxylic acids is 2. The van der Waals surface area contributed by atoms with Crippen LogP contribution in [0.5, 0.6) is 0 Å². The van der Waals surface area contributed by atoms with E-state index in [1.54, 1.807) is 12.1 Å². The summed E-state index contributed by atoms with van der Waals surface area (Å²) in [5.41, 5.74) is 0. The molecule has 0 aromatic carbocycles. The molecule has 1 aliphatic heterocycles. The zero-order valence-electron chi connectivity index (χ0n) is 8.09. The van der Waals surface area contributed by atoms with Gasteiger partial charge in [-0.2, -0.15) is 0 Å². The minimum absolute atomic E-state index is 0.253. The summed E-state index contributed by atoms with van der Waals surface area (Å²) in [6.07, 6.45) is 2.16. The molecule has 1 aromatic rings. The lowest BCUT2D eigenvalue weighted by atomic mass is 10.2. The van der Waals surface area contributed by atoms with Gasteiger partial charge in [-0.15, -0.1) is 0 Å². The average Bonchev–Trinajstić information content (AvgIpc) is 2.81. The summed E-state index contributed by atoms with van der Waals surface area (Å²) < 4.78 is 10.1. The third-order valence-corrected chi connectivity index (χ3v) is 2.32. The van der Waals surface area contributed by atoms with Gasteiger partial charge >= 0.3 is 0 Å². The molecule has 1 atom stereocenters. The minimum atomic E-state index is -0.503. The third-order valence-electron chi connectivity index (χ3n) is 2.32. The van der Waals surface area contributed by atoms with Crippen LogP contribution in [-0.4, -0.2) is 42.9 Å². The molecule has 1 amide bonds. The molecule has 2 rings (SSSR count). The van der Waals surface area contributed by atoms with Crippen LogP contribution < -0.4 is 0 Å². The van der Waals surface area contributed by atoms with Gasteiger partial charge in [0, 0.05) is 6.54 Å². The SMILES string of the molecule is O=CC1COCCN1C(=O)c1ccco1. The number of amides is 1. The predicted octanol–water partition coefficient (Wildman–Crippen LogP) is 0.319. The molecular formula is C10H11NO4. The van der Waals surface area contributed by atoms with Gasteiger partial charge in [-0.3, -0.25) is 4.79 Å². The van der Waals surface area contributed by atoms with Gasteiger partial charge in [0.1, 0.15) is 12.3 Å². The normalized spacial score (nSPS) is 21.3. The number of hydrogen-bond donors (Lipinski definition) is 0. The Morgan fingerprint density at radius 3 is 3.13 bits per heavy atom. The van der Waals surface area contributed by atoms with Crippen LogP contribution in [-0.2, 0) is 9.53 Å². The van der Waals surface area contributed by atoms with Gasteiger partial charge in [0.15, 0.2) is 5.76 Å². The van der Waals surface area contributed by atoms with Gasteiger partial charge in [0.25, 0.3) is 5.91 Å². The van der Waals surface area contributed by atoms with Crippen LogP contribution in [0.1, 0.15) is 10.6 Å². The van der Waals surface area contributed by atoms with Crippen molar-refractivity contribution in [2.75, 3.05) is 19.8 Å². The first-order valence-corrected chi connectivity index (χ1v) is 4.70. The fraction of sp³-hybridized carbons (Fsp3) is 0.400. The first kappa shape index (κ1) is 9.92. The van der Waals surface area contributed by atoms with Crippen molar-refractivity contribution in [1.29, 1.82) is 0 Å². The van der Waals surface area contributed by atoms with Crippen LogP contribution in [0.2, 0.25) is 0 Å². The number of rotatable bonds is 2. The first-order valence-electron chi connectivity index (χ1n) is 4.70. The third kappa shape index (κ3) is 1.92. The Balaban J connectivity index is 2.14. The number of aldehydes is 1. The maximum absolute atomic E-state index is 11.8. The number of ether oxygens (including phenoxy) is 1. The van der Waals surface area contributed by atoms with Crippen LogP contribution in [0, 0.1) is 0 Å². The van der Waals surface area contributed by atoms with E-state index in [-0.39, 0.29) is 18.3 Å². The molecule has 0 spiro atoms. The Morgan fingerprint density at radius 1 is 1.60 bits per heavy atom. The molecule has 1 saturated heterocycles. The molecule has 0 bridgehead atoms. The van der Waals surface area contributed by atoms with Crippen molar-refractivity contribution in [2.24, 2.45) is 0 Å². The van der Waals surface area contributed by atoms with E-state index in [1.165, 1.54) is 11.2 Å². The molecule has 15 heavy (non-hydrogen) atoms. The largest absolute Gasteiger partial charge is 0.459 e. The van der Waals surface area contributed by atoms with Gasteiger partial charge in [0.05, 0.1) is 19.5 Å². The Bertz CT molecular complexity index is 346. The summed E-state index contributed by atoms with van der Waals surface area (Å²) >= 11 is 0. The van der Waals surface area contributed by atoms with E-state index < -0.39 is 6.04 Å². The highest BCUT2D eigenvalue weighted by molar-refractivity contribution is 5.93. The monoisotopic (exact) mass is 209 g/mol. The summed E-state index contributed by atoms with van der Waals surface area (Å²) in [5.74, 6) is -0.0100. The quantitative estimate of drug-likeness (QED) is 0.658. The highest BCUT2D eigenvalue weighted by Gasteiger charge is 2.28. The molecule has 0 N–H and O–H groups in total. The molecule has 0 radical (unpaired) electrons. The molecule has 0 saturated carbocycles. The molecule has 5 heteroatoms. The Hall–Kier alpha value is -1.62. The first-order chi connectivity index (χ1) is 7.33. The van der Waals surface area contributed by atoms with Crippen LogP contribution in [0.4, 0.5) is 0 Å². The van der Waals surface area contributed by atoms with Crippen molar-refractivity contribution in [3.05, 3.63) is 24.2 Å². The molecule has 0 aliphatic carbocycles. The number of nitrogens with zero attached hydrogens (tertiary/aromatic N) is 1. The van der Waals surface area contributed by atoms with Gasteiger partial charge in [0.2, 0.25) is 0 Å². The number of morpholine rings is 1. The molecular weight excluding hydrogens is 198 g/mol. The maximum atomic E-state index is 11.8. The molecule has 1 aliphatic rings. The summed E-state index contributed by atoms with van der Waals surface area (Å²) in [6, 6.07) is 2.72. The lowest BCUT2D eigenvalue weighted by Gasteiger charge is -2.31. The van der Waals surface area contributed by atoms with Crippen molar-refractivity contribution in [3.63, 3.8) is 0 Å². The second kappa shape index (κ2) is 4.27. The average molecular weight is 209 g/mol. The van der Waals surface area contributed by atoms with Crippen LogP contribution in [0.15, 0.2) is 22.8 Å². The number of carbonyl (C=O) groups is 2. The Morgan fingerprint density at radius 2 is 2.47 bits per heavy atom.